The smallest absolute Gasteiger partial charge is 0.284 e. The van der Waals surface area contributed by atoms with Gasteiger partial charge >= 0.3 is 6.18 Å². The first-order valence-electron chi connectivity index (χ1n) is 5.53. The number of sulfonamides is 1. The number of hydrogen-bond donors (Lipinski definition) is 1. The van der Waals surface area contributed by atoms with Gasteiger partial charge in [-0.1, -0.05) is 24.9 Å². The number of rotatable bonds is 5. The molecule has 19 heavy (non-hydrogen) atoms. The van der Waals surface area contributed by atoms with E-state index in [2.05, 4.69) is 4.72 Å². The van der Waals surface area contributed by atoms with Crippen LogP contribution in [0.2, 0.25) is 5.02 Å². The van der Waals surface area contributed by atoms with E-state index in [0.29, 0.717) is 18.9 Å². The van der Waals surface area contributed by atoms with Crippen molar-refractivity contribution in [3.8, 4) is 0 Å². The van der Waals surface area contributed by atoms with Crippen molar-refractivity contribution in [3.63, 3.8) is 0 Å². The number of nitrogens with one attached hydrogen (secondary N) is 1. The van der Waals surface area contributed by atoms with E-state index < -0.39 is 26.8 Å². The summed E-state index contributed by atoms with van der Waals surface area (Å²) >= 11 is 5.44. The molecule has 0 radical (unpaired) electrons. The van der Waals surface area contributed by atoms with Crippen LogP contribution in [-0.2, 0) is 16.2 Å². The topological polar surface area (TPSA) is 46.2 Å². The average Bonchev–Trinajstić information content (AvgIpc) is 2.27. The van der Waals surface area contributed by atoms with E-state index >= 15 is 0 Å². The largest absolute Gasteiger partial charge is 0.417 e. The van der Waals surface area contributed by atoms with Gasteiger partial charge in [-0.2, -0.15) is 13.2 Å². The molecular formula is C11H13ClF3NO2S. The quantitative estimate of drug-likeness (QED) is 0.895. The number of anilines is 1. The van der Waals surface area contributed by atoms with E-state index in [1.807, 2.05) is 6.92 Å². The van der Waals surface area contributed by atoms with Crippen molar-refractivity contribution in [2.45, 2.75) is 25.9 Å². The normalized spacial score (nSPS) is 12.5. The summed E-state index contributed by atoms with van der Waals surface area (Å²) in [6.45, 7) is 1.82. The van der Waals surface area contributed by atoms with Crippen LogP contribution >= 0.6 is 11.6 Å². The maximum atomic E-state index is 12.6. The van der Waals surface area contributed by atoms with Crippen molar-refractivity contribution in [1.82, 2.24) is 0 Å². The highest BCUT2D eigenvalue weighted by atomic mass is 35.5. The molecule has 0 fully saturated rings. The van der Waals surface area contributed by atoms with Gasteiger partial charge in [0, 0.05) is 5.69 Å². The fraction of sp³-hybridized carbons (Fsp3) is 0.455. The van der Waals surface area contributed by atoms with Gasteiger partial charge in [-0.3, -0.25) is 4.72 Å². The highest BCUT2D eigenvalue weighted by molar-refractivity contribution is 7.92. The van der Waals surface area contributed by atoms with Crippen molar-refractivity contribution >= 4 is 27.3 Å². The van der Waals surface area contributed by atoms with Gasteiger partial charge in [0.2, 0.25) is 10.0 Å². The first-order valence-corrected chi connectivity index (χ1v) is 7.56. The monoisotopic (exact) mass is 315 g/mol. The zero-order chi connectivity index (χ0) is 14.7. The average molecular weight is 316 g/mol. The fourth-order valence-corrected chi connectivity index (χ4v) is 2.85. The Hall–Kier alpha value is -0.950. The van der Waals surface area contributed by atoms with Crippen LogP contribution in [0.25, 0.3) is 0 Å². The molecule has 3 nitrogen and oxygen atoms in total. The van der Waals surface area contributed by atoms with Crippen molar-refractivity contribution in [1.29, 1.82) is 0 Å². The van der Waals surface area contributed by atoms with Gasteiger partial charge in [-0.25, -0.2) is 8.42 Å². The molecule has 0 unspecified atom stereocenters. The van der Waals surface area contributed by atoms with Gasteiger partial charge in [0.15, 0.2) is 0 Å². The van der Waals surface area contributed by atoms with E-state index in [0.717, 1.165) is 6.07 Å². The summed E-state index contributed by atoms with van der Waals surface area (Å²) in [6, 6.07) is 2.90. The zero-order valence-electron chi connectivity index (χ0n) is 10.1. The minimum Gasteiger partial charge on any atom is -0.284 e. The molecule has 0 amide bonds. The molecule has 8 heteroatoms. The second-order valence-corrected chi connectivity index (χ2v) is 6.22. The molecule has 1 N–H and O–H groups in total. The Morgan fingerprint density at radius 3 is 2.47 bits per heavy atom. The van der Waals surface area contributed by atoms with E-state index in [9.17, 15) is 21.6 Å². The van der Waals surface area contributed by atoms with Gasteiger partial charge in [0.25, 0.3) is 0 Å². The van der Waals surface area contributed by atoms with Crippen LogP contribution < -0.4 is 4.72 Å². The minimum atomic E-state index is -4.62. The predicted octanol–water partition coefficient (Wildman–Crippen LogP) is 3.90. The molecule has 0 aliphatic rings. The first-order chi connectivity index (χ1) is 8.65. The number of hydrogen-bond acceptors (Lipinski definition) is 2. The van der Waals surface area contributed by atoms with Gasteiger partial charge in [-0.05, 0) is 24.6 Å². The van der Waals surface area contributed by atoms with Crippen molar-refractivity contribution in [3.05, 3.63) is 28.8 Å². The van der Waals surface area contributed by atoms with Crippen molar-refractivity contribution in [2.24, 2.45) is 0 Å². The number of alkyl halides is 3. The summed E-state index contributed by atoms with van der Waals surface area (Å²) in [5.41, 5.74) is -1.21. The third kappa shape index (κ3) is 4.91. The molecule has 0 aromatic heterocycles. The molecule has 1 aromatic rings. The Morgan fingerprint density at radius 2 is 1.95 bits per heavy atom. The summed E-state index contributed by atoms with van der Waals surface area (Å²) in [5.74, 6) is -0.131. The Bertz CT molecular complexity index is 543. The Balaban J connectivity index is 2.98. The Labute approximate surface area is 114 Å². The van der Waals surface area contributed by atoms with Crippen LogP contribution in [0.1, 0.15) is 25.3 Å². The van der Waals surface area contributed by atoms with Gasteiger partial charge in [0.05, 0.1) is 16.3 Å². The molecule has 0 aliphatic heterocycles. The molecular weight excluding hydrogens is 303 g/mol. The van der Waals surface area contributed by atoms with Crippen LogP contribution in [0.15, 0.2) is 18.2 Å². The van der Waals surface area contributed by atoms with Crippen molar-refractivity contribution < 1.29 is 21.6 Å². The lowest BCUT2D eigenvalue weighted by molar-refractivity contribution is -0.137. The fourth-order valence-electron chi connectivity index (χ4n) is 1.37. The summed E-state index contributed by atoms with van der Waals surface area (Å²) < 4.78 is 63.1. The highest BCUT2D eigenvalue weighted by Gasteiger charge is 2.33. The molecule has 0 bridgehead atoms. The molecule has 108 valence electrons. The lowest BCUT2D eigenvalue weighted by Crippen LogP contribution is -2.17. The van der Waals surface area contributed by atoms with E-state index in [-0.39, 0.29) is 11.4 Å². The summed E-state index contributed by atoms with van der Waals surface area (Å²) in [5, 5.41) is -0.469. The lowest BCUT2D eigenvalue weighted by Gasteiger charge is -2.12. The molecule has 0 aliphatic carbocycles. The second-order valence-electron chi connectivity index (χ2n) is 3.97. The van der Waals surface area contributed by atoms with Crippen LogP contribution in [0.4, 0.5) is 18.9 Å². The Morgan fingerprint density at radius 1 is 1.32 bits per heavy atom. The lowest BCUT2D eigenvalue weighted by atomic mass is 10.2. The second kappa shape index (κ2) is 6.00. The standard InChI is InChI=1S/C11H13ClF3NO2S/c1-2-3-6-19(17,18)16-8-4-5-10(12)9(7-8)11(13,14)15/h4-5,7,16H,2-3,6H2,1H3. The van der Waals surface area contributed by atoms with Crippen molar-refractivity contribution in [2.75, 3.05) is 10.5 Å². The van der Waals surface area contributed by atoms with Gasteiger partial charge in [0.1, 0.15) is 0 Å². The molecule has 0 atom stereocenters. The highest BCUT2D eigenvalue weighted by Crippen LogP contribution is 2.36. The van der Waals surface area contributed by atoms with E-state index in [1.165, 1.54) is 6.07 Å². The molecule has 0 saturated heterocycles. The number of benzene rings is 1. The zero-order valence-corrected chi connectivity index (χ0v) is 11.7. The summed E-state index contributed by atoms with van der Waals surface area (Å²) in [7, 11) is -3.63. The molecule has 0 heterocycles. The molecule has 0 spiro atoms. The predicted molar refractivity (Wildman–Crippen MR) is 68.8 cm³/mol. The minimum absolute atomic E-state index is 0.131. The maximum Gasteiger partial charge on any atom is 0.417 e. The molecule has 1 rings (SSSR count). The van der Waals surface area contributed by atoms with Crippen LogP contribution in [0.5, 0.6) is 0 Å². The van der Waals surface area contributed by atoms with E-state index in [1.54, 1.807) is 0 Å². The molecule has 0 saturated carbocycles. The SMILES string of the molecule is CCCCS(=O)(=O)Nc1ccc(Cl)c(C(F)(F)F)c1. The summed E-state index contributed by atoms with van der Waals surface area (Å²) in [6.07, 6.45) is -3.51. The first kappa shape index (κ1) is 16.1. The van der Waals surface area contributed by atoms with E-state index in [4.69, 9.17) is 11.6 Å². The third-order valence-corrected chi connectivity index (χ3v) is 4.01. The van der Waals surface area contributed by atoms with Gasteiger partial charge in [-0.15, -0.1) is 0 Å². The number of unbranched alkanes of at least 4 members (excludes halogenated alkanes) is 1. The van der Waals surface area contributed by atoms with Crippen LogP contribution in [0, 0.1) is 0 Å². The maximum absolute atomic E-state index is 12.6. The van der Waals surface area contributed by atoms with Crippen LogP contribution in [-0.4, -0.2) is 14.2 Å². The Kier molecular flexibility index (Phi) is 5.09. The summed E-state index contributed by atoms with van der Waals surface area (Å²) in [4.78, 5) is 0. The molecule has 1 aromatic carbocycles. The van der Waals surface area contributed by atoms with Crippen LogP contribution in [0.3, 0.4) is 0 Å². The third-order valence-electron chi connectivity index (χ3n) is 2.31. The van der Waals surface area contributed by atoms with Gasteiger partial charge < -0.3 is 0 Å². The number of halogens is 4.